The van der Waals surface area contributed by atoms with Crippen LogP contribution in [0.3, 0.4) is 0 Å². The number of benzene rings is 1. The van der Waals surface area contributed by atoms with Gasteiger partial charge in [-0.25, -0.2) is 4.79 Å². The number of piperidine rings is 1. The average Bonchev–Trinajstić information content (AvgIpc) is 3.45. The van der Waals surface area contributed by atoms with E-state index in [1.807, 2.05) is 30.3 Å². The predicted octanol–water partition coefficient (Wildman–Crippen LogP) is 1.78. The Bertz CT molecular complexity index is 566. The molecule has 1 aliphatic carbocycles. The molecule has 3 amide bonds. The standard InChI is InChI=1S/C18H26N4O2/c19-16(13-6-7-13)12-20-17(23)14-8-10-22(11-9-14)18(24)21-15-4-2-1-3-5-15/h1-5,13-14,16H,6-12,19H2,(H,20,23)(H,21,24). The number of amides is 3. The zero-order valence-corrected chi connectivity index (χ0v) is 13.9. The van der Waals surface area contributed by atoms with Gasteiger partial charge in [0.2, 0.25) is 5.91 Å². The molecule has 6 heteroatoms. The monoisotopic (exact) mass is 330 g/mol. The van der Waals surface area contributed by atoms with E-state index in [4.69, 9.17) is 5.73 Å². The molecular formula is C18H26N4O2. The van der Waals surface area contributed by atoms with Crippen LogP contribution in [0.4, 0.5) is 10.5 Å². The quantitative estimate of drug-likeness (QED) is 0.769. The van der Waals surface area contributed by atoms with E-state index in [0.717, 1.165) is 5.69 Å². The van der Waals surface area contributed by atoms with Crippen LogP contribution in [-0.2, 0) is 4.79 Å². The summed E-state index contributed by atoms with van der Waals surface area (Å²) in [5.41, 5.74) is 6.80. The van der Waals surface area contributed by atoms with Crippen LogP contribution in [-0.4, -0.2) is 42.5 Å². The van der Waals surface area contributed by atoms with E-state index in [1.165, 1.54) is 12.8 Å². The first-order valence-corrected chi connectivity index (χ1v) is 8.78. The van der Waals surface area contributed by atoms with E-state index >= 15 is 0 Å². The predicted molar refractivity (Wildman–Crippen MR) is 93.5 cm³/mol. The van der Waals surface area contributed by atoms with Crippen LogP contribution in [0.5, 0.6) is 0 Å². The maximum absolute atomic E-state index is 12.2. The van der Waals surface area contributed by atoms with Gasteiger partial charge in [-0.1, -0.05) is 18.2 Å². The van der Waals surface area contributed by atoms with Gasteiger partial charge in [0, 0.05) is 37.3 Å². The number of anilines is 1. The second kappa shape index (κ2) is 7.66. The van der Waals surface area contributed by atoms with Crippen molar-refractivity contribution in [2.75, 3.05) is 25.0 Å². The van der Waals surface area contributed by atoms with Crippen LogP contribution in [0.1, 0.15) is 25.7 Å². The zero-order chi connectivity index (χ0) is 16.9. The Morgan fingerprint density at radius 2 is 1.79 bits per heavy atom. The molecule has 0 bridgehead atoms. The Morgan fingerprint density at radius 3 is 2.42 bits per heavy atom. The summed E-state index contributed by atoms with van der Waals surface area (Å²) in [4.78, 5) is 26.2. The van der Waals surface area contributed by atoms with Crippen LogP contribution in [0.15, 0.2) is 30.3 Å². The molecule has 1 aliphatic heterocycles. The average molecular weight is 330 g/mol. The van der Waals surface area contributed by atoms with Crippen LogP contribution in [0.25, 0.3) is 0 Å². The van der Waals surface area contributed by atoms with Crippen LogP contribution >= 0.6 is 0 Å². The molecule has 1 saturated carbocycles. The topological polar surface area (TPSA) is 87.5 Å². The highest BCUT2D eigenvalue weighted by Crippen LogP contribution is 2.31. The van der Waals surface area contributed by atoms with Gasteiger partial charge >= 0.3 is 6.03 Å². The minimum atomic E-state index is -0.101. The van der Waals surface area contributed by atoms with Crippen molar-refractivity contribution in [1.82, 2.24) is 10.2 Å². The summed E-state index contributed by atoms with van der Waals surface area (Å²) in [7, 11) is 0. The summed E-state index contributed by atoms with van der Waals surface area (Å²) in [6, 6.07) is 9.40. The van der Waals surface area contributed by atoms with E-state index in [0.29, 0.717) is 38.4 Å². The van der Waals surface area contributed by atoms with E-state index in [-0.39, 0.29) is 23.9 Å². The smallest absolute Gasteiger partial charge is 0.321 e. The van der Waals surface area contributed by atoms with Crippen molar-refractivity contribution in [3.05, 3.63) is 30.3 Å². The summed E-state index contributed by atoms with van der Waals surface area (Å²) >= 11 is 0. The second-order valence-electron chi connectivity index (χ2n) is 6.80. The molecule has 4 N–H and O–H groups in total. The molecule has 0 radical (unpaired) electrons. The molecule has 2 aliphatic rings. The van der Waals surface area contributed by atoms with Crippen LogP contribution in [0, 0.1) is 11.8 Å². The van der Waals surface area contributed by atoms with Crippen molar-refractivity contribution in [1.29, 1.82) is 0 Å². The van der Waals surface area contributed by atoms with Gasteiger partial charge in [-0.05, 0) is 43.7 Å². The minimum absolute atomic E-state index is 0.0165. The molecule has 0 aromatic heterocycles. The normalized spacial score (nSPS) is 19.6. The molecule has 1 saturated heterocycles. The number of urea groups is 1. The second-order valence-corrected chi connectivity index (χ2v) is 6.80. The third-order valence-electron chi connectivity index (χ3n) is 4.92. The van der Waals surface area contributed by atoms with Gasteiger partial charge in [-0.15, -0.1) is 0 Å². The molecule has 1 heterocycles. The van der Waals surface area contributed by atoms with Gasteiger partial charge in [-0.2, -0.15) is 0 Å². The Hall–Kier alpha value is -2.08. The molecule has 1 aromatic rings. The summed E-state index contributed by atoms with van der Waals surface area (Å²) in [6.07, 6.45) is 3.78. The number of likely N-dealkylation sites (tertiary alicyclic amines) is 1. The Balaban J connectivity index is 1.40. The molecule has 130 valence electrons. The van der Waals surface area contributed by atoms with E-state index in [9.17, 15) is 9.59 Å². The summed E-state index contributed by atoms with van der Waals surface area (Å²) in [6.45, 7) is 1.77. The van der Waals surface area contributed by atoms with Crippen molar-refractivity contribution >= 4 is 17.6 Å². The number of carbonyl (C=O) groups excluding carboxylic acids is 2. The fraction of sp³-hybridized carbons (Fsp3) is 0.556. The number of nitrogens with zero attached hydrogens (tertiary/aromatic N) is 1. The van der Waals surface area contributed by atoms with E-state index in [2.05, 4.69) is 10.6 Å². The Kier molecular flexibility index (Phi) is 5.35. The lowest BCUT2D eigenvalue weighted by Gasteiger charge is -2.31. The van der Waals surface area contributed by atoms with Crippen molar-refractivity contribution in [2.45, 2.75) is 31.7 Å². The van der Waals surface area contributed by atoms with Gasteiger partial charge < -0.3 is 21.3 Å². The van der Waals surface area contributed by atoms with E-state index in [1.54, 1.807) is 4.90 Å². The van der Waals surface area contributed by atoms with E-state index < -0.39 is 0 Å². The summed E-state index contributed by atoms with van der Waals surface area (Å²) < 4.78 is 0. The number of hydrogen-bond acceptors (Lipinski definition) is 3. The number of hydrogen-bond donors (Lipinski definition) is 3. The SMILES string of the molecule is NC(CNC(=O)C1CCN(C(=O)Nc2ccccc2)CC1)C1CC1. The zero-order valence-electron chi connectivity index (χ0n) is 13.9. The lowest BCUT2D eigenvalue weighted by molar-refractivity contribution is -0.126. The van der Waals surface area contributed by atoms with Gasteiger partial charge in [0.1, 0.15) is 0 Å². The molecule has 2 fully saturated rings. The molecule has 1 aromatic carbocycles. The van der Waals surface area contributed by atoms with Gasteiger partial charge in [0.05, 0.1) is 0 Å². The van der Waals surface area contributed by atoms with Crippen molar-refractivity contribution in [2.24, 2.45) is 17.6 Å². The number of nitrogens with two attached hydrogens (primary N) is 1. The third kappa shape index (κ3) is 4.47. The molecule has 3 rings (SSSR count). The fourth-order valence-electron chi connectivity index (χ4n) is 3.12. The number of para-hydroxylation sites is 1. The van der Waals surface area contributed by atoms with Gasteiger partial charge in [0.15, 0.2) is 0 Å². The van der Waals surface area contributed by atoms with Gasteiger partial charge in [-0.3, -0.25) is 4.79 Å². The largest absolute Gasteiger partial charge is 0.354 e. The number of carbonyl (C=O) groups is 2. The maximum Gasteiger partial charge on any atom is 0.321 e. The molecule has 1 atom stereocenters. The van der Waals surface area contributed by atoms with Gasteiger partial charge in [0.25, 0.3) is 0 Å². The lowest BCUT2D eigenvalue weighted by atomic mass is 9.96. The first-order valence-electron chi connectivity index (χ1n) is 8.78. The van der Waals surface area contributed by atoms with Crippen LogP contribution < -0.4 is 16.4 Å². The molecule has 0 spiro atoms. The molecular weight excluding hydrogens is 304 g/mol. The molecule has 24 heavy (non-hydrogen) atoms. The summed E-state index contributed by atoms with van der Waals surface area (Å²) in [5, 5.41) is 5.86. The molecule has 1 unspecified atom stereocenters. The number of nitrogens with one attached hydrogen (secondary N) is 2. The Morgan fingerprint density at radius 1 is 1.12 bits per heavy atom. The first-order chi connectivity index (χ1) is 11.6. The number of rotatable bonds is 5. The first kappa shape index (κ1) is 16.8. The summed E-state index contributed by atoms with van der Waals surface area (Å²) in [5.74, 6) is 0.653. The van der Waals surface area contributed by atoms with Crippen LogP contribution in [0.2, 0.25) is 0 Å². The fourth-order valence-corrected chi connectivity index (χ4v) is 3.12. The molecule has 6 nitrogen and oxygen atoms in total. The van der Waals surface area contributed by atoms with Crippen molar-refractivity contribution in [3.63, 3.8) is 0 Å². The highest BCUT2D eigenvalue weighted by atomic mass is 16.2. The lowest BCUT2D eigenvalue weighted by Crippen LogP contribution is -2.46. The minimum Gasteiger partial charge on any atom is -0.354 e. The van der Waals surface area contributed by atoms with Crippen molar-refractivity contribution < 1.29 is 9.59 Å². The highest BCUT2D eigenvalue weighted by Gasteiger charge is 2.30. The Labute approximate surface area is 142 Å². The maximum atomic E-state index is 12.2. The van der Waals surface area contributed by atoms with Crippen molar-refractivity contribution in [3.8, 4) is 0 Å². The highest BCUT2D eigenvalue weighted by molar-refractivity contribution is 5.89. The third-order valence-corrected chi connectivity index (χ3v) is 4.92.